The quantitative estimate of drug-likeness (QED) is 0.145. The van der Waals surface area contributed by atoms with Crippen LogP contribution in [0.15, 0.2) is 20.7 Å². The number of thioether (sulfide) groups is 1. The maximum absolute atomic E-state index is 5.38. The molecule has 1 aliphatic rings. The Morgan fingerprint density at radius 1 is 1.29 bits per heavy atom. The summed E-state index contributed by atoms with van der Waals surface area (Å²) < 4.78 is 7.76. The molecule has 8 nitrogen and oxygen atoms in total. The Kier molecular flexibility index (Phi) is 11.1. The summed E-state index contributed by atoms with van der Waals surface area (Å²) in [6, 6.07) is 2.55. The predicted molar refractivity (Wildman–Crippen MR) is 136 cm³/mol. The maximum atomic E-state index is 5.38. The first-order valence-corrected chi connectivity index (χ1v) is 12.3. The highest BCUT2D eigenvalue weighted by molar-refractivity contribution is 14.0. The van der Waals surface area contributed by atoms with Crippen molar-refractivity contribution in [1.82, 2.24) is 30.6 Å². The van der Waals surface area contributed by atoms with Gasteiger partial charge in [0.2, 0.25) is 0 Å². The van der Waals surface area contributed by atoms with Crippen LogP contribution < -0.4 is 10.6 Å². The van der Waals surface area contributed by atoms with Crippen molar-refractivity contribution in [3.8, 4) is 0 Å². The zero-order chi connectivity index (χ0) is 21.3. The lowest BCUT2D eigenvalue weighted by atomic mass is 10.1. The Labute approximate surface area is 206 Å². The zero-order valence-corrected chi connectivity index (χ0v) is 22.2. The molecule has 0 atom stereocenters. The van der Waals surface area contributed by atoms with Crippen molar-refractivity contribution in [1.29, 1.82) is 0 Å². The minimum Gasteiger partial charge on any atom is -0.359 e. The molecule has 0 aromatic carbocycles. The van der Waals surface area contributed by atoms with Gasteiger partial charge in [0.25, 0.3) is 0 Å². The average molecular weight is 562 g/mol. The summed E-state index contributed by atoms with van der Waals surface area (Å²) in [6.07, 6.45) is 9.08. The van der Waals surface area contributed by atoms with Crippen molar-refractivity contribution in [3.05, 3.63) is 23.3 Å². The molecule has 0 spiro atoms. The number of hydrogen-bond acceptors (Lipinski definition) is 6. The van der Waals surface area contributed by atoms with Crippen molar-refractivity contribution in [2.45, 2.75) is 83.0 Å². The van der Waals surface area contributed by atoms with E-state index in [1.165, 1.54) is 25.7 Å². The monoisotopic (exact) mass is 561 g/mol. The van der Waals surface area contributed by atoms with Gasteiger partial charge in [-0.1, -0.05) is 43.6 Å². The topological polar surface area (TPSA) is 93.2 Å². The highest BCUT2D eigenvalue weighted by Crippen LogP contribution is 2.33. The molecule has 0 saturated heterocycles. The number of hydrogen-bond donors (Lipinski definition) is 2. The lowest BCUT2D eigenvalue weighted by Crippen LogP contribution is -2.37. The number of nitrogens with one attached hydrogen (secondary N) is 2. The summed E-state index contributed by atoms with van der Waals surface area (Å²) >= 11 is 1.69. The number of aliphatic imine (C=N–C) groups is 1. The van der Waals surface area contributed by atoms with Gasteiger partial charge in [-0.25, -0.2) is 4.99 Å². The van der Waals surface area contributed by atoms with Crippen LogP contribution in [0.4, 0.5) is 0 Å². The molecular weight excluding hydrogens is 525 g/mol. The minimum atomic E-state index is 0. The van der Waals surface area contributed by atoms with E-state index in [0.717, 1.165) is 54.3 Å². The van der Waals surface area contributed by atoms with E-state index in [1.54, 1.807) is 11.8 Å². The Balaban J connectivity index is 0.00000341. The third-order valence-corrected chi connectivity index (χ3v) is 6.03. The van der Waals surface area contributed by atoms with E-state index in [1.807, 2.05) is 6.07 Å². The second-order valence-corrected chi connectivity index (χ2v) is 8.78. The van der Waals surface area contributed by atoms with Crippen LogP contribution in [0.1, 0.15) is 82.1 Å². The van der Waals surface area contributed by atoms with Gasteiger partial charge in [-0.05, 0) is 38.4 Å². The molecule has 2 aromatic heterocycles. The van der Waals surface area contributed by atoms with Crippen molar-refractivity contribution < 1.29 is 4.52 Å². The summed E-state index contributed by atoms with van der Waals surface area (Å²) in [5.41, 5.74) is 0.967. The Morgan fingerprint density at radius 2 is 2.06 bits per heavy atom. The van der Waals surface area contributed by atoms with Crippen molar-refractivity contribution >= 4 is 41.7 Å². The van der Waals surface area contributed by atoms with E-state index in [-0.39, 0.29) is 24.0 Å². The number of aromatic nitrogens is 4. The maximum Gasteiger partial charge on any atom is 0.191 e. The summed E-state index contributed by atoms with van der Waals surface area (Å²) in [5.74, 6) is 3.04. The molecule has 0 unspecified atom stereocenters. The van der Waals surface area contributed by atoms with Gasteiger partial charge >= 0.3 is 0 Å². The first kappa shape index (κ1) is 26.0. The molecular formula is C21H36IN7OS. The van der Waals surface area contributed by atoms with Crippen LogP contribution in [0.2, 0.25) is 0 Å². The number of rotatable bonds is 10. The SMILES string of the molecule is CCNC(=NCc1cc(C(C)C)no1)NCCCc1nnc(SC)n1C1CCCC1.I. The summed E-state index contributed by atoms with van der Waals surface area (Å²) in [7, 11) is 0. The van der Waals surface area contributed by atoms with E-state index in [2.05, 4.69) is 62.6 Å². The van der Waals surface area contributed by atoms with Crippen LogP contribution in [0.25, 0.3) is 0 Å². The summed E-state index contributed by atoms with van der Waals surface area (Å²) in [4.78, 5) is 4.62. The number of halogens is 1. The Morgan fingerprint density at radius 3 is 2.71 bits per heavy atom. The molecule has 2 N–H and O–H groups in total. The van der Waals surface area contributed by atoms with Gasteiger partial charge in [0.15, 0.2) is 16.9 Å². The molecule has 0 aliphatic heterocycles. The Hall–Kier alpha value is -1.30. The van der Waals surface area contributed by atoms with Crippen LogP contribution in [-0.2, 0) is 13.0 Å². The third-order valence-electron chi connectivity index (χ3n) is 5.38. The molecule has 0 radical (unpaired) electrons. The lowest BCUT2D eigenvalue weighted by Gasteiger charge is -2.16. The lowest BCUT2D eigenvalue weighted by molar-refractivity contribution is 0.376. The third kappa shape index (κ3) is 7.37. The van der Waals surface area contributed by atoms with Gasteiger partial charge in [-0.3, -0.25) is 0 Å². The second kappa shape index (κ2) is 13.3. The van der Waals surface area contributed by atoms with Crippen LogP contribution >= 0.6 is 35.7 Å². The highest BCUT2D eigenvalue weighted by atomic mass is 127. The predicted octanol–water partition coefficient (Wildman–Crippen LogP) is 4.53. The fourth-order valence-electron chi connectivity index (χ4n) is 3.77. The summed E-state index contributed by atoms with van der Waals surface area (Å²) in [6.45, 7) is 8.38. The number of guanidine groups is 1. The molecule has 1 aliphatic carbocycles. The zero-order valence-electron chi connectivity index (χ0n) is 19.1. The Bertz CT molecular complexity index is 815. The van der Waals surface area contributed by atoms with Gasteiger partial charge in [0.05, 0.1) is 5.69 Å². The molecule has 31 heavy (non-hydrogen) atoms. The highest BCUT2D eigenvalue weighted by Gasteiger charge is 2.23. The van der Waals surface area contributed by atoms with Gasteiger partial charge in [-0.15, -0.1) is 34.2 Å². The van der Waals surface area contributed by atoms with Crippen LogP contribution in [0.5, 0.6) is 0 Å². The van der Waals surface area contributed by atoms with E-state index in [4.69, 9.17) is 4.52 Å². The van der Waals surface area contributed by atoms with E-state index < -0.39 is 0 Å². The fraction of sp³-hybridized carbons (Fsp3) is 0.714. The van der Waals surface area contributed by atoms with Gasteiger partial charge < -0.3 is 19.7 Å². The van der Waals surface area contributed by atoms with E-state index >= 15 is 0 Å². The van der Waals surface area contributed by atoms with Crippen molar-refractivity contribution in [3.63, 3.8) is 0 Å². The molecule has 1 saturated carbocycles. The van der Waals surface area contributed by atoms with Crippen LogP contribution in [0, 0.1) is 0 Å². The smallest absolute Gasteiger partial charge is 0.191 e. The van der Waals surface area contributed by atoms with Crippen molar-refractivity contribution in [2.75, 3.05) is 19.3 Å². The van der Waals surface area contributed by atoms with E-state index in [9.17, 15) is 0 Å². The average Bonchev–Trinajstić information content (AvgIpc) is 3.49. The number of aryl methyl sites for hydroxylation is 1. The molecule has 2 heterocycles. The molecule has 2 aromatic rings. The standard InChI is InChI=1S/C21H35N7OS.HI/c1-5-22-20(24-14-17-13-18(15(2)3)27-29-17)23-12-8-11-19-25-26-21(30-4)28(19)16-9-6-7-10-16;/h13,15-16H,5-12,14H2,1-4H3,(H2,22,23,24);1H. The van der Waals surface area contributed by atoms with Gasteiger partial charge in [0.1, 0.15) is 12.4 Å². The van der Waals surface area contributed by atoms with E-state index in [0.29, 0.717) is 18.5 Å². The molecule has 1 fully saturated rings. The molecule has 0 amide bonds. The van der Waals surface area contributed by atoms with Crippen molar-refractivity contribution in [2.24, 2.45) is 4.99 Å². The summed E-state index contributed by atoms with van der Waals surface area (Å²) in [5, 5.41) is 20.7. The minimum absolute atomic E-state index is 0. The molecule has 10 heteroatoms. The largest absolute Gasteiger partial charge is 0.359 e. The first-order valence-electron chi connectivity index (χ1n) is 11.1. The van der Waals surface area contributed by atoms with Gasteiger partial charge in [0, 0.05) is 31.6 Å². The molecule has 174 valence electrons. The van der Waals surface area contributed by atoms with Crippen LogP contribution in [-0.4, -0.2) is 45.2 Å². The second-order valence-electron chi connectivity index (χ2n) is 8.01. The normalized spacial score (nSPS) is 14.8. The van der Waals surface area contributed by atoms with Gasteiger partial charge in [-0.2, -0.15) is 0 Å². The fourth-order valence-corrected chi connectivity index (χ4v) is 4.35. The molecule has 0 bridgehead atoms. The molecule has 3 rings (SSSR count). The number of nitrogens with zero attached hydrogens (tertiary/aromatic N) is 5. The van der Waals surface area contributed by atoms with Crippen LogP contribution in [0.3, 0.4) is 0 Å². The first-order chi connectivity index (χ1) is 14.6.